The summed E-state index contributed by atoms with van der Waals surface area (Å²) in [6.07, 6.45) is 11.1. The Morgan fingerprint density at radius 2 is 1.89 bits per heavy atom. The summed E-state index contributed by atoms with van der Waals surface area (Å²) < 4.78 is 5.49. The first-order valence-electron chi connectivity index (χ1n) is 13.6. The first-order chi connectivity index (χ1) is 16.9. The number of nitrogens with zero attached hydrogens (tertiary/aromatic N) is 2. The zero-order valence-corrected chi connectivity index (χ0v) is 21.9. The normalized spacial score (nSPS) is 31.2. The van der Waals surface area contributed by atoms with Crippen molar-refractivity contribution in [1.29, 1.82) is 0 Å². The molecule has 2 unspecified atom stereocenters. The first-order valence-corrected chi connectivity index (χ1v) is 14.0. The number of amides is 1. The van der Waals surface area contributed by atoms with Crippen LogP contribution in [0.1, 0.15) is 76.7 Å². The smallest absolute Gasteiger partial charge is 0.229 e. The fourth-order valence-corrected chi connectivity index (χ4v) is 7.65. The topological polar surface area (TPSA) is 54.5 Å². The van der Waals surface area contributed by atoms with E-state index in [1.165, 1.54) is 24.8 Å². The van der Waals surface area contributed by atoms with Crippen molar-refractivity contribution in [3.63, 3.8) is 0 Å². The van der Waals surface area contributed by atoms with E-state index in [9.17, 15) is 4.79 Å². The third-order valence-electron chi connectivity index (χ3n) is 10.1. The van der Waals surface area contributed by atoms with E-state index in [1.807, 2.05) is 12.3 Å². The van der Waals surface area contributed by atoms with Crippen molar-refractivity contribution in [2.75, 3.05) is 31.6 Å². The molecule has 3 heterocycles. The van der Waals surface area contributed by atoms with Crippen LogP contribution in [-0.2, 0) is 9.53 Å². The van der Waals surface area contributed by atoms with Gasteiger partial charge in [-0.15, -0.1) is 0 Å². The van der Waals surface area contributed by atoms with Crippen LogP contribution in [0.15, 0.2) is 24.4 Å². The Morgan fingerprint density at radius 3 is 2.60 bits per heavy atom. The number of anilines is 1. The van der Waals surface area contributed by atoms with Crippen molar-refractivity contribution in [3.05, 3.63) is 35.0 Å². The fourth-order valence-electron chi connectivity index (χ4n) is 7.32. The summed E-state index contributed by atoms with van der Waals surface area (Å²) in [7, 11) is 0. The highest BCUT2D eigenvalue weighted by Gasteiger charge is 2.58. The predicted molar refractivity (Wildman–Crippen MR) is 141 cm³/mol. The minimum absolute atomic E-state index is 0.0966. The summed E-state index contributed by atoms with van der Waals surface area (Å²) in [5.41, 5.74) is 1.78. The van der Waals surface area contributed by atoms with Gasteiger partial charge in [0.05, 0.1) is 0 Å². The molecule has 5 nitrogen and oxygen atoms in total. The van der Waals surface area contributed by atoms with Crippen molar-refractivity contribution in [1.82, 2.24) is 9.88 Å². The van der Waals surface area contributed by atoms with Gasteiger partial charge < -0.3 is 10.1 Å². The second kappa shape index (κ2) is 9.00. The number of carbonyl (C=O) groups excluding carboxylic acids is 1. The molecule has 2 aromatic rings. The Morgan fingerprint density at radius 1 is 1.11 bits per heavy atom. The second-order valence-corrected chi connectivity index (χ2v) is 12.3. The molecule has 6 heteroatoms. The molecule has 0 bridgehead atoms. The van der Waals surface area contributed by atoms with E-state index in [-0.39, 0.29) is 17.2 Å². The van der Waals surface area contributed by atoms with Gasteiger partial charge in [0, 0.05) is 41.3 Å². The lowest BCUT2D eigenvalue weighted by atomic mass is 9.83. The van der Waals surface area contributed by atoms with E-state index in [0.717, 1.165) is 80.1 Å². The molecule has 1 N–H and O–H groups in total. The summed E-state index contributed by atoms with van der Waals surface area (Å²) in [5.74, 6) is 2.10. The van der Waals surface area contributed by atoms with Crippen molar-refractivity contribution < 1.29 is 9.53 Å². The average Bonchev–Trinajstić information content (AvgIpc) is 3.44. The van der Waals surface area contributed by atoms with Gasteiger partial charge in [0.2, 0.25) is 5.91 Å². The molecule has 35 heavy (non-hydrogen) atoms. The van der Waals surface area contributed by atoms with E-state index >= 15 is 0 Å². The molecule has 1 aromatic heterocycles. The summed E-state index contributed by atoms with van der Waals surface area (Å²) in [6.45, 7) is 8.74. The SMILES string of the molecule is CC1CCC[C@@]1(C)N1CCC(c2cc3cc(NC(=O)C4CC45CCOCC5)ncc3cc2Cl)CC1. The summed E-state index contributed by atoms with van der Waals surface area (Å²) >= 11 is 6.79. The number of halogens is 1. The highest BCUT2D eigenvalue weighted by Crippen LogP contribution is 2.59. The number of hydrogen-bond acceptors (Lipinski definition) is 4. The number of nitrogens with one attached hydrogen (secondary N) is 1. The van der Waals surface area contributed by atoms with Gasteiger partial charge in [0.25, 0.3) is 0 Å². The monoisotopic (exact) mass is 495 g/mol. The number of ether oxygens (including phenoxy) is 1. The van der Waals surface area contributed by atoms with Gasteiger partial charge in [0.1, 0.15) is 5.82 Å². The van der Waals surface area contributed by atoms with Gasteiger partial charge in [-0.05, 0) is 111 Å². The maximum Gasteiger partial charge on any atom is 0.229 e. The molecule has 2 aliphatic carbocycles. The third kappa shape index (κ3) is 4.28. The molecular formula is C29H38ClN3O2. The van der Waals surface area contributed by atoms with Gasteiger partial charge in [-0.2, -0.15) is 0 Å². The number of piperidine rings is 1. The Bertz CT molecular complexity index is 1120. The Hall–Kier alpha value is -1.69. The summed E-state index contributed by atoms with van der Waals surface area (Å²) in [6, 6.07) is 6.31. The largest absolute Gasteiger partial charge is 0.381 e. The highest BCUT2D eigenvalue weighted by molar-refractivity contribution is 6.32. The standard InChI is InChI=1S/C29H38ClN3O2/c1-19-4-3-7-28(19,2)33-10-5-20(6-11-33)23-14-21-16-26(31-18-22(21)15-25(23)30)32-27(34)24-17-29(24)8-12-35-13-9-29/h14-16,18-20,24H,3-13,17H2,1-2H3,(H,31,32,34)/t19?,24?,28-/m1/s1. The van der Waals surface area contributed by atoms with Gasteiger partial charge in [0.15, 0.2) is 0 Å². The predicted octanol–water partition coefficient (Wildman–Crippen LogP) is 6.40. The van der Waals surface area contributed by atoms with Crippen molar-refractivity contribution in [3.8, 4) is 0 Å². The minimum atomic E-state index is 0.0966. The Kier molecular flexibility index (Phi) is 6.10. The minimum Gasteiger partial charge on any atom is -0.381 e. The molecule has 2 aliphatic heterocycles. The number of carbonyl (C=O) groups is 1. The zero-order chi connectivity index (χ0) is 24.2. The molecule has 2 saturated carbocycles. The molecule has 4 aliphatic rings. The molecule has 4 fully saturated rings. The molecule has 3 atom stereocenters. The summed E-state index contributed by atoms with van der Waals surface area (Å²) in [4.78, 5) is 20.2. The van der Waals surface area contributed by atoms with E-state index in [4.69, 9.17) is 16.3 Å². The second-order valence-electron chi connectivity index (χ2n) is 11.9. The number of rotatable bonds is 4. The van der Waals surface area contributed by atoms with E-state index in [2.05, 4.69) is 41.2 Å². The lowest BCUT2D eigenvalue weighted by Gasteiger charge is -2.46. The number of aromatic nitrogens is 1. The number of benzene rings is 1. The average molecular weight is 496 g/mol. The van der Waals surface area contributed by atoms with Crippen LogP contribution < -0.4 is 5.32 Å². The number of hydrogen-bond donors (Lipinski definition) is 1. The van der Waals surface area contributed by atoms with Crippen LogP contribution in [0.3, 0.4) is 0 Å². The quantitative estimate of drug-likeness (QED) is 0.533. The number of pyridine rings is 1. The lowest BCUT2D eigenvalue weighted by molar-refractivity contribution is -0.118. The first kappa shape index (κ1) is 23.7. The van der Waals surface area contributed by atoms with E-state index in [1.54, 1.807) is 0 Å². The van der Waals surface area contributed by atoms with Crippen LogP contribution in [-0.4, -0.2) is 47.6 Å². The molecular weight excluding hydrogens is 458 g/mol. The molecule has 2 saturated heterocycles. The fraction of sp³-hybridized carbons (Fsp3) is 0.655. The summed E-state index contributed by atoms with van der Waals surface area (Å²) in [5, 5.41) is 6.06. The number of fused-ring (bicyclic) bond motifs is 1. The van der Waals surface area contributed by atoms with Gasteiger partial charge in [-0.1, -0.05) is 24.9 Å². The van der Waals surface area contributed by atoms with Crippen LogP contribution in [0.5, 0.6) is 0 Å². The molecule has 188 valence electrons. The molecule has 1 amide bonds. The van der Waals surface area contributed by atoms with E-state index < -0.39 is 0 Å². The van der Waals surface area contributed by atoms with Gasteiger partial charge in [-0.3, -0.25) is 9.69 Å². The molecule has 1 spiro atoms. The van der Waals surface area contributed by atoms with Crippen molar-refractivity contribution in [2.45, 2.75) is 76.7 Å². The van der Waals surface area contributed by atoms with Crippen LogP contribution in [0, 0.1) is 17.3 Å². The van der Waals surface area contributed by atoms with Crippen LogP contribution in [0.25, 0.3) is 10.8 Å². The molecule has 1 aromatic carbocycles. The maximum absolute atomic E-state index is 12.9. The molecule has 6 rings (SSSR count). The van der Waals surface area contributed by atoms with E-state index in [0.29, 0.717) is 17.3 Å². The zero-order valence-electron chi connectivity index (χ0n) is 21.1. The van der Waals surface area contributed by atoms with Crippen LogP contribution in [0.2, 0.25) is 5.02 Å². The van der Waals surface area contributed by atoms with Gasteiger partial charge >= 0.3 is 0 Å². The van der Waals surface area contributed by atoms with Crippen molar-refractivity contribution >= 4 is 34.1 Å². The van der Waals surface area contributed by atoms with Crippen LogP contribution >= 0.6 is 11.6 Å². The lowest BCUT2D eigenvalue weighted by Crippen LogP contribution is -2.51. The van der Waals surface area contributed by atoms with Gasteiger partial charge in [-0.25, -0.2) is 4.98 Å². The van der Waals surface area contributed by atoms with Crippen LogP contribution in [0.4, 0.5) is 5.82 Å². The molecule has 0 radical (unpaired) electrons. The maximum atomic E-state index is 12.9. The third-order valence-corrected chi connectivity index (χ3v) is 10.4. The number of likely N-dealkylation sites (tertiary alicyclic amines) is 1. The Labute approximate surface area is 213 Å². The highest BCUT2D eigenvalue weighted by atomic mass is 35.5. The Balaban J connectivity index is 1.15. The van der Waals surface area contributed by atoms with Crippen molar-refractivity contribution in [2.24, 2.45) is 17.3 Å².